The smallest absolute Gasteiger partial charge is 0.316 e. The summed E-state index contributed by atoms with van der Waals surface area (Å²) in [6, 6.07) is 16.8. The van der Waals surface area contributed by atoms with Gasteiger partial charge in [-0.25, -0.2) is 0 Å². The zero-order chi connectivity index (χ0) is 18.4. The van der Waals surface area contributed by atoms with Gasteiger partial charge in [-0.3, -0.25) is 14.6 Å². The van der Waals surface area contributed by atoms with Gasteiger partial charge in [-0.1, -0.05) is 22.0 Å². The zero-order valence-electron chi connectivity index (χ0n) is 13.6. The van der Waals surface area contributed by atoms with E-state index in [0.717, 1.165) is 20.3 Å². The molecule has 0 aliphatic carbocycles. The summed E-state index contributed by atoms with van der Waals surface area (Å²) in [4.78, 5) is 29.1. The number of hydrogen-bond donors (Lipinski definition) is 1. The van der Waals surface area contributed by atoms with Gasteiger partial charge < -0.3 is 10.1 Å². The average Bonchev–Trinajstić information content (AvgIpc) is 2.66. The Labute approximate surface area is 163 Å². The van der Waals surface area contributed by atoms with Crippen molar-refractivity contribution in [3.05, 3.63) is 65.3 Å². The molecule has 0 fully saturated rings. The Morgan fingerprint density at radius 1 is 1.08 bits per heavy atom. The van der Waals surface area contributed by atoms with Crippen LogP contribution >= 0.6 is 27.7 Å². The van der Waals surface area contributed by atoms with Crippen LogP contribution < -0.4 is 5.32 Å². The van der Waals surface area contributed by atoms with Crippen LogP contribution in [0.1, 0.15) is 0 Å². The molecule has 26 heavy (non-hydrogen) atoms. The van der Waals surface area contributed by atoms with E-state index in [4.69, 9.17) is 4.74 Å². The van der Waals surface area contributed by atoms with E-state index >= 15 is 0 Å². The predicted octanol–water partition coefficient (Wildman–Crippen LogP) is 4.27. The summed E-state index contributed by atoms with van der Waals surface area (Å²) < 4.78 is 6.01. The number of benzene rings is 2. The molecule has 1 amide bonds. The number of halogens is 1. The fraction of sp³-hybridized carbons (Fsp3) is 0.105. The molecule has 0 spiro atoms. The lowest BCUT2D eigenvalue weighted by Crippen LogP contribution is -2.21. The minimum absolute atomic E-state index is 0.146. The number of esters is 1. The largest absolute Gasteiger partial charge is 0.455 e. The van der Waals surface area contributed by atoms with Crippen molar-refractivity contribution in [1.29, 1.82) is 0 Å². The Hall–Kier alpha value is -2.38. The van der Waals surface area contributed by atoms with Crippen molar-refractivity contribution < 1.29 is 14.3 Å². The molecule has 0 saturated heterocycles. The van der Waals surface area contributed by atoms with Gasteiger partial charge in [0.2, 0.25) is 0 Å². The normalized spacial score (nSPS) is 10.5. The molecule has 7 heteroatoms. The number of ether oxygens (including phenoxy) is 1. The predicted molar refractivity (Wildman–Crippen MR) is 106 cm³/mol. The molecule has 5 nitrogen and oxygen atoms in total. The second kappa shape index (κ2) is 8.82. The molecule has 0 atom stereocenters. The highest BCUT2D eigenvalue weighted by Crippen LogP contribution is 2.22. The minimum Gasteiger partial charge on any atom is -0.455 e. The molecular formula is C19H15BrN2O3S. The number of fused-ring (bicyclic) bond motifs is 1. The third-order valence-electron chi connectivity index (χ3n) is 3.45. The van der Waals surface area contributed by atoms with Crippen LogP contribution in [0.5, 0.6) is 0 Å². The number of pyridine rings is 1. The van der Waals surface area contributed by atoms with E-state index in [1.807, 2.05) is 42.5 Å². The van der Waals surface area contributed by atoms with Gasteiger partial charge in [0.25, 0.3) is 5.91 Å². The SMILES string of the molecule is O=C(COC(=O)CSc1ccc(Br)cc1)Nc1cccc2ncccc12. The molecule has 2 aromatic carbocycles. The molecule has 1 N–H and O–H groups in total. The first-order chi connectivity index (χ1) is 12.6. The third kappa shape index (κ3) is 5.06. The lowest BCUT2D eigenvalue weighted by Gasteiger charge is -2.09. The first kappa shape index (κ1) is 18.4. The molecule has 132 valence electrons. The molecule has 0 radical (unpaired) electrons. The first-order valence-electron chi connectivity index (χ1n) is 7.79. The quantitative estimate of drug-likeness (QED) is 0.467. The lowest BCUT2D eigenvalue weighted by atomic mass is 10.2. The lowest BCUT2D eigenvalue weighted by molar-refractivity contribution is -0.144. The van der Waals surface area contributed by atoms with Crippen LogP contribution in [0.4, 0.5) is 5.69 Å². The van der Waals surface area contributed by atoms with Gasteiger partial charge in [-0.15, -0.1) is 11.8 Å². The number of amides is 1. The van der Waals surface area contributed by atoms with Gasteiger partial charge in [-0.05, 0) is 48.5 Å². The maximum Gasteiger partial charge on any atom is 0.316 e. The Morgan fingerprint density at radius 3 is 2.69 bits per heavy atom. The van der Waals surface area contributed by atoms with E-state index in [0.29, 0.717) is 5.69 Å². The maximum atomic E-state index is 12.1. The Morgan fingerprint density at radius 2 is 1.88 bits per heavy atom. The summed E-state index contributed by atoms with van der Waals surface area (Å²) in [5.74, 6) is -0.677. The van der Waals surface area contributed by atoms with Crippen LogP contribution in [0.25, 0.3) is 10.9 Å². The second-order valence-electron chi connectivity index (χ2n) is 5.33. The van der Waals surface area contributed by atoms with Crippen molar-refractivity contribution in [2.75, 3.05) is 17.7 Å². The number of anilines is 1. The van der Waals surface area contributed by atoms with Crippen molar-refractivity contribution in [2.24, 2.45) is 0 Å². The summed E-state index contributed by atoms with van der Waals surface area (Å²) in [6.07, 6.45) is 1.69. The fourth-order valence-electron chi connectivity index (χ4n) is 2.26. The first-order valence-corrected chi connectivity index (χ1v) is 9.57. The van der Waals surface area contributed by atoms with Crippen molar-refractivity contribution in [3.63, 3.8) is 0 Å². The highest BCUT2D eigenvalue weighted by Gasteiger charge is 2.10. The zero-order valence-corrected chi connectivity index (χ0v) is 16.0. The minimum atomic E-state index is -0.437. The highest BCUT2D eigenvalue weighted by molar-refractivity contribution is 9.10. The molecule has 3 rings (SSSR count). The fourth-order valence-corrected chi connectivity index (χ4v) is 3.22. The molecule has 3 aromatic rings. The van der Waals surface area contributed by atoms with Crippen LogP contribution in [0.15, 0.2) is 70.2 Å². The van der Waals surface area contributed by atoms with Crippen LogP contribution in [0.3, 0.4) is 0 Å². The Balaban J connectivity index is 1.49. The Bertz CT molecular complexity index is 926. The van der Waals surface area contributed by atoms with Crippen molar-refractivity contribution in [1.82, 2.24) is 4.98 Å². The third-order valence-corrected chi connectivity index (χ3v) is 4.97. The number of nitrogens with zero attached hydrogens (tertiary/aromatic N) is 1. The summed E-state index contributed by atoms with van der Waals surface area (Å²) in [7, 11) is 0. The van der Waals surface area contributed by atoms with Crippen LogP contribution in [0, 0.1) is 0 Å². The van der Waals surface area contributed by atoms with Crippen LogP contribution in [-0.2, 0) is 14.3 Å². The van der Waals surface area contributed by atoms with Gasteiger partial charge in [0.05, 0.1) is 17.0 Å². The molecule has 1 heterocycles. The summed E-state index contributed by atoms with van der Waals surface area (Å²) in [5, 5.41) is 3.59. The van der Waals surface area contributed by atoms with Gasteiger partial charge in [0, 0.05) is 21.0 Å². The summed E-state index contributed by atoms with van der Waals surface area (Å²) >= 11 is 4.72. The number of carbonyl (C=O) groups is 2. The molecular weight excluding hydrogens is 416 g/mol. The van der Waals surface area contributed by atoms with E-state index in [1.165, 1.54) is 11.8 Å². The standard InChI is InChI=1S/C19H15BrN2O3S/c20-13-6-8-14(9-7-13)26-12-19(24)25-11-18(23)22-17-5-1-4-16-15(17)3-2-10-21-16/h1-10H,11-12H2,(H,22,23). The summed E-state index contributed by atoms with van der Waals surface area (Å²) in [6.45, 7) is -0.323. The van der Waals surface area contributed by atoms with E-state index in [1.54, 1.807) is 18.3 Å². The van der Waals surface area contributed by atoms with Crippen LogP contribution in [-0.4, -0.2) is 29.2 Å². The number of carbonyl (C=O) groups excluding carboxylic acids is 2. The van der Waals surface area contributed by atoms with E-state index in [2.05, 4.69) is 26.2 Å². The molecule has 0 aliphatic rings. The van der Waals surface area contributed by atoms with Crippen LogP contribution in [0.2, 0.25) is 0 Å². The number of hydrogen-bond acceptors (Lipinski definition) is 5. The second-order valence-corrected chi connectivity index (χ2v) is 7.29. The highest BCUT2D eigenvalue weighted by atomic mass is 79.9. The van der Waals surface area contributed by atoms with Crippen molar-refractivity contribution in [3.8, 4) is 0 Å². The molecule has 0 aliphatic heterocycles. The van der Waals surface area contributed by atoms with E-state index in [9.17, 15) is 9.59 Å². The van der Waals surface area contributed by atoms with Gasteiger partial charge >= 0.3 is 5.97 Å². The molecule has 0 unspecified atom stereocenters. The maximum absolute atomic E-state index is 12.1. The van der Waals surface area contributed by atoms with Gasteiger partial charge in [0.1, 0.15) is 0 Å². The van der Waals surface area contributed by atoms with E-state index < -0.39 is 5.97 Å². The number of nitrogens with one attached hydrogen (secondary N) is 1. The van der Waals surface area contributed by atoms with Gasteiger partial charge in [-0.2, -0.15) is 0 Å². The van der Waals surface area contributed by atoms with Crippen molar-refractivity contribution >= 4 is 56.2 Å². The van der Waals surface area contributed by atoms with Gasteiger partial charge in [0.15, 0.2) is 6.61 Å². The van der Waals surface area contributed by atoms with E-state index in [-0.39, 0.29) is 18.3 Å². The number of aromatic nitrogens is 1. The monoisotopic (exact) mass is 430 g/mol. The summed E-state index contributed by atoms with van der Waals surface area (Å²) in [5.41, 5.74) is 1.43. The molecule has 0 bridgehead atoms. The average molecular weight is 431 g/mol. The van der Waals surface area contributed by atoms with Crippen molar-refractivity contribution in [2.45, 2.75) is 4.90 Å². The Kier molecular flexibility index (Phi) is 6.25. The topological polar surface area (TPSA) is 68.3 Å². The number of rotatable bonds is 6. The molecule has 1 aromatic heterocycles. The number of thioether (sulfide) groups is 1. The molecule has 0 saturated carbocycles.